The largest absolute Gasteiger partial charge is 0.389 e. The first kappa shape index (κ1) is 12.4. The Hall–Kier alpha value is -0.0900. The average Bonchev–Trinajstić information content (AvgIpc) is 2.24. The number of halogens is 2. The van der Waals surface area contributed by atoms with Gasteiger partial charge < -0.3 is 9.84 Å². The summed E-state index contributed by atoms with van der Waals surface area (Å²) in [6, 6.07) is 5.66. The molecule has 1 aliphatic heterocycles. The van der Waals surface area contributed by atoms with Crippen molar-refractivity contribution in [1.82, 2.24) is 0 Å². The van der Waals surface area contributed by atoms with Crippen molar-refractivity contribution in [1.29, 1.82) is 0 Å². The van der Waals surface area contributed by atoms with Crippen LogP contribution >= 0.6 is 27.5 Å². The van der Waals surface area contributed by atoms with Gasteiger partial charge in [-0.3, -0.25) is 0 Å². The van der Waals surface area contributed by atoms with Crippen LogP contribution in [-0.2, 0) is 11.2 Å². The van der Waals surface area contributed by atoms with E-state index in [1.165, 1.54) is 0 Å². The molecule has 2 rings (SSSR count). The predicted octanol–water partition coefficient (Wildman–Crippen LogP) is 3.19. The lowest BCUT2D eigenvalue weighted by Gasteiger charge is -2.32. The second-order valence-corrected chi connectivity index (χ2v) is 5.54. The molecule has 1 N–H and O–H groups in total. The van der Waals surface area contributed by atoms with Gasteiger partial charge in [-0.15, -0.1) is 0 Å². The van der Waals surface area contributed by atoms with Crippen molar-refractivity contribution in [2.45, 2.75) is 24.9 Å². The highest BCUT2D eigenvalue weighted by atomic mass is 79.9. The van der Waals surface area contributed by atoms with Crippen LogP contribution in [0.3, 0.4) is 0 Å². The molecule has 0 spiro atoms. The minimum Gasteiger partial charge on any atom is -0.389 e. The summed E-state index contributed by atoms with van der Waals surface area (Å²) in [5.74, 6) is 0. The van der Waals surface area contributed by atoms with Crippen LogP contribution in [0.5, 0.6) is 0 Å². The molecule has 1 aliphatic rings. The maximum atomic E-state index is 10.4. The molecule has 88 valence electrons. The van der Waals surface area contributed by atoms with Crippen LogP contribution in [0.1, 0.15) is 18.4 Å². The lowest BCUT2D eigenvalue weighted by atomic mass is 9.87. The molecule has 0 unspecified atom stereocenters. The Labute approximate surface area is 109 Å². The number of rotatable bonds is 2. The first-order valence-corrected chi connectivity index (χ1v) is 6.50. The molecule has 0 aromatic heterocycles. The second kappa shape index (κ2) is 5.05. The lowest BCUT2D eigenvalue weighted by Crippen LogP contribution is -2.38. The fourth-order valence-electron chi connectivity index (χ4n) is 1.96. The summed E-state index contributed by atoms with van der Waals surface area (Å²) >= 11 is 9.43. The zero-order valence-corrected chi connectivity index (χ0v) is 11.2. The summed E-state index contributed by atoms with van der Waals surface area (Å²) in [4.78, 5) is 0. The van der Waals surface area contributed by atoms with Crippen LogP contribution in [0, 0.1) is 0 Å². The highest BCUT2D eigenvalue weighted by Crippen LogP contribution is 2.30. The van der Waals surface area contributed by atoms with Crippen LogP contribution < -0.4 is 0 Å². The first-order valence-electron chi connectivity index (χ1n) is 5.33. The molecule has 0 bridgehead atoms. The Balaban J connectivity index is 2.15. The van der Waals surface area contributed by atoms with E-state index in [1.807, 2.05) is 18.2 Å². The molecule has 4 heteroatoms. The normalized spacial score (nSPS) is 19.7. The molecule has 1 heterocycles. The molecular weight excluding hydrogens is 291 g/mol. The maximum Gasteiger partial charge on any atom is 0.0732 e. The molecule has 1 aromatic carbocycles. The third-order valence-electron chi connectivity index (χ3n) is 2.95. The Morgan fingerprint density at radius 1 is 1.38 bits per heavy atom. The Morgan fingerprint density at radius 3 is 2.75 bits per heavy atom. The first-order chi connectivity index (χ1) is 7.59. The van der Waals surface area contributed by atoms with E-state index >= 15 is 0 Å². The van der Waals surface area contributed by atoms with Gasteiger partial charge in [0.05, 0.1) is 5.60 Å². The van der Waals surface area contributed by atoms with Gasteiger partial charge in [0.2, 0.25) is 0 Å². The van der Waals surface area contributed by atoms with E-state index in [0.29, 0.717) is 37.5 Å². The van der Waals surface area contributed by atoms with Crippen molar-refractivity contribution in [2.75, 3.05) is 13.2 Å². The quantitative estimate of drug-likeness (QED) is 0.909. The standard InChI is InChI=1S/C12H14BrClO2/c13-11-2-1-10(14)7-9(11)8-12(15)3-5-16-6-4-12/h1-2,7,15H,3-6,8H2. The minimum absolute atomic E-state index is 0.623. The van der Waals surface area contributed by atoms with E-state index in [1.54, 1.807) is 0 Å². The summed E-state index contributed by atoms with van der Waals surface area (Å²) in [5.41, 5.74) is 0.405. The summed E-state index contributed by atoms with van der Waals surface area (Å²) in [6.45, 7) is 1.27. The summed E-state index contributed by atoms with van der Waals surface area (Å²) < 4.78 is 6.26. The van der Waals surface area contributed by atoms with Gasteiger partial charge in [0, 0.05) is 29.1 Å². The second-order valence-electron chi connectivity index (χ2n) is 4.25. The molecule has 1 fully saturated rings. The molecule has 0 radical (unpaired) electrons. The topological polar surface area (TPSA) is 29.5 Å². The number of aliphatic hydroxyl groups is 1. The van der Waals surface area contributed by atoms with Crippen LogP contribution in [0.15, 0.2) is 22.7 Å². The monoisotopic (exact) mass is 304 g/mol. The number of ether oxygens (including phenoxy) is 1. The molecule has 0 amide bonds. The van der Waals surface area contributed by atoms with Crippen molar-refractivity contribution >= 4 is 27.5 Å². The van der Waals surface area contributed by atoms with E-state index < -0.39 is 5.60 Å². The molecule has 16 heavy (non-hydrogen) atoms. The fourth-order valence-corrected chi connectivity index (χ4v) is 2.54. The van der Waals surface area contributed by atoms with Gasteiger partial charge in [-0.25, -0.2) is 0 Å². The van der Waals surface area contributed by atoms with Crippen molar-refractivity contribution < 1.29 is 9.84 Å². The van der Waals surface area contributed by atoms with Crippen molar-refractivity contribution in [3.8, 4) is 0 Å². The summed E-state index contributed by atoms with van der Waals surface area (Å²) in [5, 5.41) is 11.1. The molecule has 0 aliphatic carbocycles. The van der Waals surface area contributed by atoms with Gasteiger partial charge in [0.25, 0.3) is 0 Å². The molecular formula is C12H14BrClO2. The zero-order valence-electron chi connectivity index (χ0n) is 8.88. The van der Waals surface area contributed by atoms with E-state index in [0.717, 1.165) is 10.0 Å². The third-order valence-corrected chi connectivity index (χ3v) is 3.96. The third kappa shape index (κ3) is 2.98. The van der Waals surface area contributed by atoms with Crippen molar-refractivity contribution in [3.05, 3.63) is 33.3 Å². The SMILES string of the molecule is OC1(Cc2cc(Cl)ccc2Br)CCOCC1. The zero-order chi connectivity index (χ0) is 11.6. The molecule has 1 saturated heterocycles. The van der Waals surface area contributed by atoms with E-state index in [9.17, 15) is 5.11 Å². The van der Waals surface area contributed by atoms with Crippen molar-refractivity contribution in [3.63, 3.8) is 0 Å². The van der Waals surface area contributed by atoms with Gasteiger partial charge in [-0.05, 0) is 36.6 Å². The number of hydrogen-bond acceptors (Lipinski definition) is 2. The summed E-state index contributed by atoms with van der Waals surface area (Å²) in [6.07, 6.45) is 2.00. The van der Waals surface area contributed by atoms with Gasteiger partial charge in [0.15, 0.2) is 0 Å². The molecule has 2 nitrogen and oxygen atoms in total. The van der Waals surface area contributed by atoms with Gasteiger partial charge in [-0.1, -0.05) is 27.5 Å². The number of benzene rings is 1. The van der Waals surface area contributed by atoms with Crippen LogP contribution in [0.4, 0.5) is 0 Å². The summed E-state index contributed by atoms with van der Waals surface area (Å²) in [7, 11) is 0. The van der Waals surface area contributed by atoms with Gasteiger partial charge in [0.1, 0.15) is 0 Å². The molecule has 0 saturated carbocycles. The van der Waals surface area contributed by atoms with E-state index in [4.69, 9.17) is 16.3 Å². The predicted molar refractivity (Wildman–Crippen MR) is 67.9 cm³/mol. The molecule has 0 atom stereocenters. The Kier molecular flexibility index (Phi) is 3.90. The Bertz CT molecular complexity index is 375. The van der Waals surface area contributed by atoms with Crippen LogP contribution in [-0.4, -0.2) is 23.9 Å². The highest BCUT2D eigenvalue weighted by molar-refractivity contribution is 9.10. The van der Waals surface area contributed by atoms with Crippen LogP contribution in [0.2, 0.25) is 5.02 Å². The smallest absolute Gasteiger partial charge is 0.0732 e. The fraction of sp³-hybridized carbons (Fsp3) is 0.500. The Morgan fingerprint density at radius 2 is 2.06 bits per heavy atom. The average molecular weight is 306 g/mol. The van der Waals surface area contributed by atoms with Gasteiger partial charge in [-0.2, -0.15) is 0 Å². The highest BCUT2D eigenvalue weighted by Gasteiger charge is 2.30. The van der Waals surface area contributed by atoms with Gasteiger partial charge >= 0.3 is 0 Å². The van der Waals surface area contributed by atoms with E-state index in [-0.39, 0.29) is 0 Å². The van der Waals surface area contributed by atoms with E-state index in [2.05, 4.69) is 15.9 Å². The minimum atomic E-state index is -0.647. The lowest BCUT2D eigenvalue weighted by molar-refractivity contribution is -0.0626. The van der Waals surface area contributed by atoms with Crippen molar-refractivity contribution in [2.24, 2.45) is 0 Å². The number of hydrogen-bond donors (Lipinski definition) is 1. The van der Waals surface area contributed by atoms with Crippen LogP contribution in [0.25, 0.3) is 0 Å². The maximum absolute atomic E-state index is 10.4. The molecule has 1 aromatic rings.